The number of nitrogens with zero attached hydrogens (tertiary/aromatic N) is 2. The normalized spacial score (nSPS) is 16.1. The van der Waals surface area contributed by atoms with E-state index in [2.05, 4.69) is 4.98 Å². The quantitative estimate of drug-likeness (QED) is 0.855. The first kappa shape index (κ1) is 11.4. The van der Waals surface area contributed by atoms with E-state index in [1.54, 1.807) is 12.1 Å². The zero-order chi connectivity index (χ0) is 12.5. The number of carbonyl (C=O) groups excluding carboxylic acids is 1. The van der Waals surface area contributed by atoms with Crippen LogP contribution in [-0.2, 0) is 4.84 Å². The molecule has 0 aliphatic carbocycles. The number of anilines is 1. The Morgan fingerprint density at radius 1 is 1.44 bits per heavy atom. The number of hydrogen-bond acceptors (Lipinski definition) is 5. The van der Waals surface area contributed by atoms with E-state index >= 15 is 0 Å². The zero-order valence-corrected chi connectivity index (χ0v) is 10.6. The Hall–Kier alpha value is -1.66. The Balaban J connectivity index is 1.90. The maximum absolute atomic E-state index is 12.2. The molecule has 0 radical (unpaired) electrons. The van der Waals surface area contributed by atoms with E-state index in [9.17, 15) is 4.79 Å². The number of carbonyl (C=O) groups is 1. The van der Waals surface area contributed by atoms with Crippen LogP contribution < -0.4 is 5.73 Å². The Labute approximate surface area is 108 Å². The molecule has 2 aromatic rings. The van der Waals surface area contributed by atoms with Crippen LogP contribution in [0.5, 0.6) is 0 Å². The summed E-state index contributed by atoms with van der Waals surface area (Å²) in [5.74, 6) is -0.108. The predicted molar refractivity (Wildman–Crippen MR) is 70.3 cm³/mol. The van der Waals surface area contributed by atoms with Crippen molar-refractivity contribution in [1.82, 2.24) is 10.0 Å². The standard InChI is InChI=1S/C12H13N3O2S/c13-12-14-9-7-8(3-4-10(9)18-12)11(16)15-5-1-2-6-17-15/h3-4,7H,1-2,5-6H2,(H2,13,14). The molecule has 2 N–H and O–H groups in total. The molecule has 0 spiro atoms. The van der Waals surface area contributed by atoms with Crippen molar-refractivity contribution < 1.29 is 9.63 Å². The highest BCUT2D eigenvalue weighted by Gasteiger charge is 2.19. The van der Waals surface area contributed by atoms with E-state index in [0.29, 0.717) is 23.8 Å². The third kappa shape index (κ3) is 2.04. The molecule has 1 aromatic carbocycles. The van der Waals surface area contributed by atoms with Crippen molar-refractivity contribution in [1.29, 1.82) is 0 Å². The van der Waals surface area contributed by atoms with Gasteiger partial charge >= 0.3 is 0 Å². The topological polar surface area (TPSA) is 68.5 Å². The minimum Gasteiger partial charge on any atom is -0.375 e. The Morgan fingerprint density at radius 2 is 2.33 bits per heavy atom. The second kappa shape index (κ2) is 4.55. The van der Waals surface area contributed by atoms with Gasteiger partial charge in [-0.1, -0.05) is 11.3 Å². The first-order valence-electron chi connectivity index (χ1n) is 5.85. The van der Waals surface area contributed by atoms with Gasteiger partial charge in [-0.25, -0.2) is 10.0 Å². The van der Waals surface area contributed by atoms with Gasteiger partial charge in [-0.2, -0.15) is 0 Å². The van der Waals surface area contributed by atoms with E-state index in [-0.39, 0.29) is 5.91 Å². The van der Waals surface area contributed by atoms with Crippen LogP contribution in [0.25, 0.3) is 10.2 Å². The monoisotopic (exact) mass is 263 g/mol. The van der Waals surface area contributed by atoms with E-state index in [1.165, 1.54) is 16.4 Å². The molecule has 3 rings (SSSR count). The van der Waals surface area contributed by atoms with Gasteiger partial charge in [0.05, 0.1) is 16.8 Å². The van der Waals surface area contributed by atoms with Gasteiger partial charge in [0.2, 0.25) is 0 Å². The lowest BCUT2D eigenvalue weighted by Crippen LogP contribution is -2.35. The highest BCUT2D eigenvalue weighted by molar-refractivity contribution is 7.22. The third-order valence-electron chi connectivity index (χ3n) is 2.88. The maximum atomic E-state index is 12.2. The fourth-order valence-corrected chi connectivity index (χ4v) is 2.69. The average molecular weight is 263 g/mol. The second-order valence-electron chi connectivity index (χ2n) is 4.18. The number of fused-ring (bicyclic) bond motifs is 1. The number of amides is 1. The minimum absolute atomic E-state index is 0.108. The van der Waals surface area contributed by atoms with Crippen LogP contribution in [-0.4, -0.2) is 29.1 Å². The molecule has 1 saturated heterocycles. The summed E-state index contributed by atoms with van der Waals surface area (Å²) < 4.78 is 0.989. The molecule has 94 valence electrons. The molecular weight excluding hydrogens is 250 g/mol. The molecule has 1 aliphatic heterocycles. The fraction of sp³-hybridized carbons (Fsp3) is 0.333. The summed E-state index contributed by atoms with van der Waals surface area (Å²) in [5.41, 5.74) is 7.00. The molecule has 0 bridgehead atoms. The van der Waals surface area contributed by atoms with Crippen molar-refractivity contribution in [3.63, 3.8) is 0 Å². The fourth-order valence-electron chi connectivity index (χ4n) is 1.98. The number of benzene rings is 1. The van der Waals surface area contributed by atoms with Crippen LogP contribution in [0.15, 0.2) is 18.2 Å². The molecule has 1 aromatic heterocycles. The van der Waals surface area contributed by atoms with Crippen LogP contribution in [0, 0.1) is 0 Å². The van der Waals surface area contributed by atoms with Gasteiger partial charge < -0.3 is 5.73 Å². The summed E-state index contributed by atoms with van der Waals surface area (Å²) in [6.45, 7) is 1.26. The molecular formula is C12H13N3O2S. The van der Waals surface area contributed by atoms with Crippen LogP contribution in [0.3, 0.4) is 0 Å². The number of nitrogen functional groups attached to an aromatic ring is 1. The lowest BCUT2D eigenvalue weighted by Gasteiger charge is -2.25. The van der Waals surface area contributed by atoms with Gasteiger partial charge in [-0.3, -0.25) is 9.63 Å². The van der Waals surface area contributed by atoms with Crippen molar-refractivity contribution in [2.45, 2.75) is 12.8 Å². The van der Waals surface area contributed by atoms with Crippen molar-refractivity contribution in [3.05, 3.63) is 23.8 Å². The number of nitrogens with two attached hydrogens (primary N) is 1. The van der Waals surface area contributed by atoms with E-state index in [0.717, 1.165) is 23.1 Å². The Morgan fingerprint density at radius 3 is 3.11 bits per heavy atom. The van der Waals surface area contributed by atoms with Crippen molar-refractivity contribution in [2.24, 2.45) is 0 Å². The van der Waals surface area contributed by atoms with Crippen molar-refractivity contribution in [2.75, 3.05) is 18.9 Å². The summed E-state index contributed by atoms with van der Waals surface area (Å²) in [6, 6.07) is 5.43. The molecule has 0 atom stereocenters. The summed E-state index contributed by atoms with van der Waals surface area (Å²) in [5, 5.41) is 1.95. The van der Waals surface area contributed by atoms with Crippen LogP contribution in [0.1, 0.15) is 23.2 Å². The molecule has 1 amide bonds. The summed E-state index contributed by atoms with van der Waals surface area (Å²) in [7, 11) is 0. The summed E-state index contributed by atoms with van der Waals surface area (Å²) >= 11 is 1.42. The number of thiazole rings is 1. The van der Waals surface area contributed by atoms with Crippen molar-refractivity contribution >= 4 is 32.6 Å². The molecule has 5 nitrogen and oxygen atoms in total. The van der Waals surface area contributed by atoms with Gasteiger partial charge in [-0.15, -0.1) is 0 Å². The Bertz CT molecular complexity index is 590. The van der Waals surface area contributed by atoms with Gasteiger partial charge in [0.1, 0.15) is 0 Å². The lowest BCUT2D eigenvalue weighted by molar-refractivity contribution is -0.144. The van der Waals surface area contributed by atoms with Gasteiger partial charge in [0.25, 0.3) is 5.91 Å². The van der Waals surface area contributed by atoms with Gasteiger partial charge in [-0.05, 0) is 31.0 Å². The number of rotatable bonds is 1. The molecule has 6 heteroatoms. The molecule has 18 heavy (non-hydrogen) atoms. The predicted octanol–water partition coefficient (Wildman–Crippen LogP) is 2.05. The van der Waals surface area contributed by atoms with E-state index in [1.807, 2.05) is 6.07 Å². The average Bonchev–Trinajstić information content (AvgIpc) is 2.78. The number of hydrogen-bond donors (Lipinski definition) is 1. The first-order valence-corrected chi connectivity index (χ1v) is 6.66. The second-order valence-corrected chi connectivity index (χ2v) is 5.24. The molecule has 0 unspecified atom stereocenters. The third-order valence-corrected chi connectivity index (χ3v) is 3.75. The maximum Gasteiger partial charge on any atom is 0.277 e. The largest absolute Gasteiger partial charge is 0.375 e. The summed E-state index contributed by atoms with van der Waals surface area (Å²) in [4.78, 5) is 21.7. The SMILES string of the molecule is Nc1nc2cc(C(=O)N3CCCCO3)ccc2s1. The smallest absolute Gasteiger partial charge is 0.277 e. The number of aromatic nitrogens is 1. The first-order chi connectivity index (χ1) is 8.74. The Kier molecular flexibility index (Phi) is 2.89. The van der Waals surface area contributed by atoms with Crippen LogP contribution in [0.4, 0.5) is 5.13 Å². The van der Waals surface area contributed by atoms with E-state index in [4.69, 9.17) is 10.6 Å². The van der Waals surface area contributed by atoms with Crippen molar-refractivity contribution in [3.8, 4) is 0 Å². The van der Waals surface area contributed by atoms with Crippen LogP contribution in [0.2, 0.25) is 0 Å². The van der Waals surface area contributed by atoms with Gasteiger partial charge in [0, 0.05) is 12.1 Å². The van der Waals surface area contributed by atoms with Crippen LogP contribution >= 0.6 is 11.3 Å². The molecule has 0 saturated carbocycles. The lowest BCUT2D eigenvalue weighted by atomic mass is 10.2. The zero-order valence-electron chi connectivity index (χ0n) is 9.76. The number of hydroxylamine groups is 2. The summed E-state index contributed by atoms with van der Waals surface area (Å²) in [6.07, 6.45) is 1.99. The molecule has 2 heterocycles. The highest BCUT2D eigenvalue weighted by atomic mass is 32.1. The minimum atomic E-state index is -0.108. The van der Waals surface area contributed by atoms with E-state index < -0.39 is 0 Å². The highest BCUT2D eigenvalue weighted by Crippen LogP contribution is 2.25. The molecule has 1 aliphatic rings. The molecule has 1 fully saturated rings. The van der Waals surface area contributed by atoms with Gasteiger partial charge in [0.15, 0.2) is 5.13 Å².